The van der Waals surface area contributed by atoms with Gasteiger partial charge in [-0.25, -0.2) is 14.4 Å². The summed E-state index contributed by atoms with van der Waals surface area (Å²) in [5, 5.41) is 3.80. The molecule has 31 heavy (non-hydrogen) atoms. The average molecular weight is 437 g/mol. The number of hydrogen-bond acceptors (Lipinski definition) is 5. The van der Waals surface area contributed by atoms with E-state index in [2.05, 4.69) is 51.4 Å². The summed E-state index contributed by atoms with van der Waals surface area (Å²) in [6, 6.07) is 12.7. The van der Waals surface area contributed by atoms with Gasteiger partial charge in [0.25, 0.3) is 0 Å². The van der Waals surface area contributed by atoms with Crippen LogP contribution in [0, 0.1) is 25.6 Å². The van der Waals surface area contributed by atoms with E-state index in [1.165, 1.54) is 17.7 Å². The highest BCUT2D eigenvalue weighted by molar-refractivity contribution is 7.99. The van der Waals surface area contributed by atoms with Gasteiger partial charge in [-0.2, -0.15) is 0 Å². The number of benzene rings is 2. The number of nitrogens with zero attached hydrogens (tertiary/aromatic N) is 3. The fourth-order valence-corrected chi connectivity index (χ4v) is 4.59. The van der Waals surface area contributed by atoms with Gasteiger partial charge in [0.05, 0.1) is 5.92 Å². The van der Waals surface area contributed by atoms with E-state index in [9.17, 15) is 9.18 Å². The largest absolute Gasteiger partial charge is 0.354 e. The number of aryl methyl sites for hydroxylation is 2. The van der Waals surface area contributed by atoms with E-state index in [0.29, 0.717) is 17.8 Å². The van der Waals surface area contributed by atoms with Crippen LogP contribution in [-0.4, -0.2) is 29.0 Å². The molecule has 0 radical (unpaired) electrons. The van der Waals surface area contributed by atoms with Crippen LogP contribution in [0.5, 0.6) is 0 Å². The monoisotopic (exact) mass is 436 g/mol. The molecule has 1 saturated heterocycles. The van der Waals surface area contributed by atoms with Crippen molar-refractivity contribution in [2.24, 2.45) is 5.92 Å². The van der Waals surface area contributed by atoms with E-state index in [-0.39, 0.29) is 17.6 Å². The second-order valence-corrected chi connectivity index (χ2v) is 8.90. The second kappa shape index (κ2) is 9.47. The normalized spacial score (nSPS) is 16.2. The molecule has 160 valence electrons. The standard InChI is InChI=1S/C24H25FN4OS/c1-16-5-8-20(9-6-16)31-24-22(26-11-12-27-24)29-13-3-4-18(15-29)23(30)28-21-10-7-19(25)14-17(21)2/h5-12,14,18H,3-4,13,15H2,1-2H3,(H,28,30). The van der Waals surface area contributed by atoms with Gasteiger partial charge in [0.15, 0.2) is 5.82 Å². The Morgan fingerprint density at radius 2 is 1.90 bits per heavy atom. The maximum atomic E-state index is 13.4. The highest BCUT2D eigenvalue weighted by atomic mass is 32.2. The molecule has 7 heteroatoms. The smallest absolute Gasteiger partial charge is 0.229 e. The summed E-state index contributed by atoms with van der Waals surface area (Å²) in [7, 11) is 0. The van der Waals surface area contributed by atoms with Crippen molar-refractivity contribution in [2.45, 2.75) is 36.6 Å². The summed E-state index contributed by atoms with van der Waals surface area (Å²) in [4.78, 5) is 25.3. The van der Waals surface area contributed by atoms with Gasteiger partial charge in [-0.05, 0) is 62.6 Å². The number of amides is 1. The minimum atomic E-state index is -0.305. The molecule has 2 aromatic carbocycles. The highest BCUT2D eigenvalue weighted by Gasteiger charge is 2.28. The zero-order valence-electron chi connectivity index (χ0n) is 17.6. The number of hydrogen-bond donors (Lipinski definition) is 1. The van der Waals surface area contributed by atoms with E-state index in [0.717, 1.165) is 35.1 Å². The molecule has 1 aromatic heterocycles. The lowest BCUT2D eigenvalue weighted by Gasteiger charge is -2.33. The lowest BCUT2D eigenvalue weighted by Crippen LogP contribution is -2.41. The van der Waals surface area contributed by atoms with Crippen LogP contribution in [0.25, 0.3) is 0 Å². The maximum Gasteiger partial charge on any atom is 0.229 e. The van der Waals surface area contributed by atoms with Gasteiger partial charge in [-0.3, -0.25) is 4.79 Å². The lowest BCUT2D eigenvalue weighted by atomic mass is 9.97. The molecule has 2 heterocycles. The Balaban J connectivity index is 1.48. The molecule has 0 aliphatic carbocycles. The lowest BCUT2D eigenvalue weighted by molar-refractivity contribution is -0.120. The molecule has 0 bridgehead atoms. The van der Waals surface area contributed by atoms with E-state index >= 15 is 0 Å². The minimum absolute atomic E-state index is 0.0453. The van der Waals surface area contributed by atoms with Crippen LogP contribution in [0.4, 0.5) is 15.9 Å². The van der Waals surface area contributed by atoms with Crippen LogP contribution in [0.15, 0.2) is 64.8 Å². The summed E-state index contributed by atoms with van der Waals surface area (Å²) < 4.78 is 13.4. The summed E-state index contributed by atoms with van der Waals surface area (Å²) in [6.45, 7) is 5.26. The quantitative estimate of drug-likeness (QED) is 0.593. The summed E-state index contributed by atoms with van der Waals surface area (Å²) in [5.74, 6) is 0.289. The third kappa shape index (κ3) is 5.22. The molecule has 1 N–H and O–H groups in total. The molecule has 1 aliphatic rings. The van der Waals surface area contributed by atoms with Gasteiger partial charge in [0.1, 0.15) is 10.8 Å². The van der Waals surface area contributed by atoms with Crippen molar-refractivity contribution in [2.75, 3.05) is 23.3 Å². The van der Waals surface area contributed by atoms with Crippen molar-refractivity contribution >= 4 is 29.2 Å². The van der Waals surface area contributed by atoms with Gasteiger partial charge in [-0.15, -0.1) is 0 Å². The molecule has 0 spiro atoms. The summed E-state index contributed by atoms with van der Waals surface area (Å²) >= 11 is 1.58. The van der Waals surface area contributed by atoms with Crippen molar-refractivity contribution in [1.82, 2.24) is 9.97 Å². The third-order valence-electron chi connectivity index (χ3n) is 5.42. The fourth-order valence-electron chi connectivity index (χ4n) is 3.71. The predicted octanol–water partition coefficient (Wildman–Crippen LogP) is 5.24. The molecule has 1 atom stereocenters. The van der Waals surface area contributed by atoms with E-state index in [4.69, 9.17) is 0 Å². The van der Waals surface area contributed by atoms with Crippen LogP contribution in [0.2, 0.25) is 0 Å². The van der Waals surface area contributed by atoms with Crippen molar-refractivity contribution in [1.29, 1.82) is 0 Å². The van der Waals surface area contributed by atoms with Crippen LogP contribution in [0.1, 0.15) is 24.0 Å². The number of carbonyl (C=O) groups excluding carboxylic acids is 1. The zero-order chi connectivity index (χ0) is 21.8. The molecular formula is C24H25FN4OS. The Hall–Kier alpha value is -2.93. The second-order valence-electron chi connectivity index (χ2n) is 7.83. The molecule has 3 aromatic rings. The van der Waals surface area contributed by atoms with Gasteiger partial charge >= 0.3 is 0 Å². The van der Waals surface area contributed by atoms with Crippen molar-refractivity contribution in [3.63, 3.8) is 0 Å². The molecule has 4 rings (SSSR count). The number of anilines is 2. The number of rotatable bonds is 5. The predicted molar refractivity (Wildman–Crippen MR) is 122 cm³/mol. The van der Waals surface area contributed by atoms with E-state index < -0.39 is 0 Å². The molecule has 5 nitrogen and oxygen atoms in total. The first kappa shape index (κ1) is 21.3. The third-order valence-corrected chi connectivity index (χ3v) is 6.41. The van der Waals surface area contributed by atoms with Crippen LogP contribution in [-0.2, 0) is 4.79 Å². The Morgan fingerprint density at radius 1 is 1.13 bits per heavy atom. The van der Waals surface area contributed by atoms with Gasteiger partial charge in [0, 0.05) is 36.1 Å². The Bertz CT molecular complexity index is 1070. The molecule has 0 saturated carbocycles. The highest BCUT2D eigenvalue weighted by Crippen LogP contribution is 2.34. The molecule has 1 unspecified atom stereocenters. The van der Waals surface area contributed by atoms with Crippen molar-refractivity contribution < 1.29 is 9.18 Å². The van der Waals surface area contributed by atoms with Crippen molar-refractivity contribution in [3.05, 3.63) is 71.8 Å². The zero-order valence-corrected chi connectivity index (χ0v) is 18.5. The number of aromatic nitrogens is 2. The number of piperidine rings is 1. The van der Waals surface area contributed by atoms with Crippen LogP contribution < -0.4 is 10.2 Å². The Kier molecular flexibility index (Phi) is 6.51. The molecular weight excluding hydrogens is 411 g/mol. The summed E-state index contributed by atoms with van der Waals surface area (Å²) in [5.41, 5.74) is 2.58. The summed E-state index contributed by atoms with van der Waals surface area (Å²) in [6.07, 6.45) is 5.10. The van der Waals surface area contributed by atoms with Gasteiger partial charge in [-0.1, -0.05) is 29.5 Å². The SMILES string of the molecule is Cc1ccc(Sc2nccnc2N2CCCC(C(=O)Nc3ccc(F)cc3C)C2)cc1. The van der Waals surface area contributed by atoms with Gasteiger partial charge < -0.3 is 10.2 Å². The number of carbonyl (C=O) groups is 1. The molecule has 1 aliphatic heterocycles. The number of nitrogens with one attached hydrogen (secondary N) is 1. The molecule has 1 fully saturated rings. The topological polar surface area (TPSA) is 58.1 Å². The van der Waals surface area contributed by atoms with Crippen LogP contribution >= 0.6 is 11.8 Å². The van der Waals surface area contributed by atoms with E-state index in [1.807, 2.05) is 0 Å². The fraction of sp³-hybridized carbons (Fsp3) is 0.292. The van der Waals surface area contributed by atoms with Gasteiger partial charge in [0.2, 0.25) is 5.91 Å². The first-order valence-electron chi connectivity index (χ1n) is 10.4. The number of halogens is 1. The minimum Gasteiger partial charge on any atom is -0.354 e. The first-order valence-corrected chi connectivity index (χ1v) is 11.2. The van der Waals surface area contributed by atoms with E-state index in [1.54, 1.807) is 37.1 Å². The Labute approximate surface area is 186 Å². The molecule has 1 amide bonds. The first-order chi connectivity index (χ1) is 15.0. The van der Waals surface area contributed by atoms with Crippen molar-refractivity contribution in [3.8, 4) is 0 Å². The maximum absolute atomic E-state index is 13.4. The Morgan fingerprint density at radius 3 is 2.68 bits per heavy atom. The van der Waals surface area contributed by atoms with Crippen LogP contribution in [0.3, 0.4) is 0 Å². The average Bonchev–Trinajstić information content (AvgIpc) is 2.78.